The van der Waals surface area contributed by atoms with Crippen LogP contribution in [0.5, 0.6) is 0 Å². The van der Waals surface area contributed by atoms with E-state index in [2.05, 4.69) is 15.0 Å². The number of anilines is 2. The highest BCUT2D eigenvalue weighted by atomic mass is 32.1. The van der Waals surface area contributed by atoms with E-state index in [9.17, 15) is 4.79 Å². The Kier molecular flexibility index (Phi) is 3.78. The van der Waals surface area contributed by atoms with Crippen LogP contribution >= 0.6 is 11.3 Å². The lowest BCUT2D eigenvalue weighted by Gasteiger charge is -2.02. The second-order valence-electron chi connectivity index (χ2n) is 3.60. The quantitative estimate of drug-likeness (QED) is 0.826. The predicted octanol–water partition coefficient (Wildman–Crippen LogP) is 2.12. The van der Waals surface area contributed by atoms with Gasteiger partial charge >= 0.3 is 5.97 Å². The van der Waals surface area contributed by atoms with E-state index in [1.807, 2.05) is 12.1 Å². The second-order valence-corrected chi connectivity index (χ2v) is 4.65. The molecule has 0 bridgehead atoms. The first-order valence-corrected chi connectivity index (χ1v) is 6.12. The molecule has 2 aromatic rings. The van der Waals surface area contributed by atoms with Gasteiger partial charge in [-0.05, 0) is 23.8 Å². The maximum absolute atomic E-state index is 11.4. The van der Waals surface area contributed by atoms with Gasteiger partial charge in [0.1, 0.15) is 4.88 Å². The fourth-order valence-corrected chi connectivity index (χ4v) is 2.33. The van der Waals surface area contributed by atoms with E-state index < -0.39 is 5.97 Å². The Balaban J connectivity index is 2.05. The van der Waals surface area contributed by atoms with Crippen molar-refractivity contribution >= 4 is 28.0 Å². The summed E-state index contributed by atoms with van der Waals surface area (Å²) in [4.78, 5) is 15.8. The van der Waals surface area contributed by atoms with Crippen molar-refractivity contribution in [1.29, 1.82) is 0 Å². The summed E-state index contributed by atoms with van der Waals surface area (Å²) in [7, 11) is 1.34. The number of aromatic nitrogens is 1. The minimum atomic E-state index is -0.408. The third-order valence-corrected chi connectivity index (χ3v) is 3.44. The molecule has 0 aliphatic rings. The number of rotatable bonds is 4. The van der Waals surface area contributed by atoms with Crippen LogP contribution in [0.25, 0.3) is 0 Å². The molecule has 0 aliphatic carbocycles. The highest BCUT2D eigenvalue weighted by Crippen LogP contribution is 2.29. The normalized spacial score (nSPS) is 10.1. The summed E-state index contributed by atoms with van der Waals surface area (Å²) in [6.07, 6.45) is 3.47. The van der Waals surface area contributed by atoms with Crippen LogP contribution in [-0.2, 0) is 11.3 Å². The molecular weight excluding hydrogens is 250 g/mol. The Hall–Kier alpha value is -2.08. The van der Waals surface area contributed by atoms with Crippen LogP contribution in [0.15, 0.2) is 30.6 Å². The molecule has 2 rings (SSSR count). The van der Waals surface area contributed by atoms with Crippen molar-refractivity contribution in [2.24, 2.45) is 0 Å². The van der Waals surface area contributed by atoms with Crippen molar-refractivity contribution in [3.63, 3.8) is 0 Å². The number of carbonyl (C=O) groups is 1. The molecule has 0 saturated carbocycles. The van der Waals surface area contributed by atoms with Crippen LogP contribution < -0.4 is 11.1 Å². The van der Waals surface area contributed by atoms with E-state index in [1.54, 1.807) is 18.5 Å². The topological polar surface area (TPSA) is 77.2 Å². The average Bonchev–Trinajstić information content (AvgIpc) is 2.78. The molecule has 0 fully saturated rings. The Labute approximate surface area is 109 Å². The summed E-state index contributed by atoms with van der Waals surface area (Å²) in [5.41, 5.74) is 7.29. The average molecular weight is 263 g/mol. The number of thiophene rings is 1. The molecule has 6 heteroatoms. The largest absolute Gasteiger partial charge is 0.465 e. The van der Waals surface area contributed by atoms with Gasteiger partial charge in [0.2, 0.25) is 0 Å². The predicted molar refractivity (Wildman–Crippen MR) is 71.6 cm³/mol. The molecule has 0 saturated heterocycles. The van der Waals surface area contributed by atoms with Gasteiger partial charge in [-0.25, -0.2) is 4.79 Å². The minimum absolute atomic E-state index is 0.408. The number of carbonyl (C=O) groups excluding carboxylic acids is 1. The van der Waals surface area contributed by atoms with Crippen molar-refractivity contribution in [3.8, 4) is 0 Å². The maximum atomic E-state index is 11.4. The third-order valence-electron chi connectivity index (χ3n) is 2.35. The van der Waals surface area contributed by atoms with E-state index >= 15 is 0 Å². The van der Waals surface area contributed by atoms with Gasteiger partial charge in [0.15, 0.2) is 0 Å². The Morgan fingerprint density at radius 1 is 1.50 bits per heavy atom. The number of nitrogens with two attached hydrogens (primary N) is 1. The second kappa shape index (κ2) is 5.50. The molecule has 0 spiro atoms. The van der Waals surface area contributed by atoms with Gasteiger partial charge in [-0.2, -0.15) is 0 Å². The number of ether oxygens (including phenoxy) is 1. The zero-order valence-electron chi connectivity index (χ0n) is 9.84. The third kappa shape index (κ3) is 2.78. The first-order valence-electron chi connectivity index (χ1n) is 5.31. The van der Waals surface area contributed by atoms with Gasteiger partial charge in [-0.1, -0.05) is 0 Å². The molecule has 2 aromatic heterocycles. The summed E-state index contributed by atoms with van der Waals surface area (Å²) in [6, 6.07) is 5.58. The highest BCUT2D eigenvalue weighted by Gasteiger charge is 2.14. The van der Waals surface area contributed by atoms with E-state index in [0.29, 0.717) is 17.1 Å². The van der Waals surface area contributed by atoms with E-state index in [-0.39, 0.29) is 0 Å². The number of nitrogens with zero attached hydrogens (tertiary/aromatic N) is 1. The molecule has 0 unspecified atom stereocenters. The molecule has 0 amide bonds. The molecule has 18 heavy (non-hydrogen) atoms. The Morgan fingerprint density at radius 2 is 2.22 bits per heavy atom. The van der Waals surface area contributed by atoms with Crippen molar-refractivity contribution in [2.45, 2.75) is 6.54 Å². The zero-order valence-corrected chi connectivity index (χ0v) is 10.7. The fraction of sp³-hybridized carbons (Fsp3) is 0.167. The van der Waals surface area contributed by atoms with Crippen LogP contribution in [0.4, 0.5) is 10.7 Å². The highest BCUT2D eigenvalue weighted by molar-refractivity contribution is 7.18. The van der Waals surface area contributed by atoms with Crippen molar-refractivity contribution in [2.75, 3.05) is 18.2 Å². The van der Waals surface area contributed by atoms with E-state index in [4.69, 9.17) is 5.73 Å². The number of pyridine rings is 1. The van der Waals surface area contributed by atoms with Crippen molar-refractivity contribution < 1.29 is 9.53 Å². The molecule has 94 valence electrons. The lowest BCUT2D eigenvalue weighted by molar-refractivity contribution is 0.0607. The number of methoxy groups -OCH3 is 1. The molecule has 0 aliphatic heterocycles. The summed E-state index contributed by atoms with van der Waals surface area (Å²) in [5, 5.41) is 4.04. The zero-order chi connectivity index (χ0) is 13.0. The molecule has 0 aromatic carbocycles. The minimum Gasteiger partial charge on any atom is -0.465 e. The van der Waals surface area contributed by atoms with Gasteiger partial charge < -0.3 is 15.8 Å². The first-order chi connectivity index (χ1) is 8.70. The Bertz CT molecular complexity index is 540. The molecular formula is C12H13N3O2S. The number of esters is 1. The SMILES string of the molecule is COC(=O)c1sc(NCc2ccncc2)cc1N. The summed E-state index contributed by atoms with van der Waals surface area (Å²) in [5.74, 6) is -0.408. The fourth-order valence-electron chi connectivity index (χ4n) is 1.43. The summed E-state index contributed by atoms with van der Waals surface area (Å²) < 4.78 is 4.65. The van der Waals surface area contributed by atoms with Gasteiger partial charge in [-0.15, -0.1) is 11.3 Å². The lowest BCUT2D eigenvalue weighted by atomic mass is 10.3. The standard InChI is InChI=1S/C12H13N3O2S/c1-17-12(16)11-9(13)6-10(18-11)15-7-8-2-4-14-5-3-8/h2-6,15H,7,13H2,1H3. The Morgan fingerprint density at radius 3 is 2.89 bits per heavy atom. The number of hydrogen-bond donors (Lipinski definition) is 2. The van der Waals surface area contributed by atoms with Crippen LogP contribution in [0.3, 0.4) is 0 Å². The maximum Gasteiger partial charge on any atom is 0.350 e. The van der Waals surface area contributed by atoms with Crippen LogP contribution in [0, 0.1) is 0 Å². The molecule has 3 N–H and O–H groups in total. The van der Waals surface area contributed by atoms with Gasteiger partial charge in [0, 0.05) is 18.9 Å². The summed E-state index contributed by atoms with van der Waals surface area (Å²) >= 11 is 1.29. The lowest BCUT2D eigenvalue weighted by Crippen LogP contribution is -2.01. The number of hydrogen-bond acceptors (Lipinski definition) is 6. The molecule has 2 heterocycles. The van der Waals surface area contributed by atoms with Crippen LogP contribution in [-0.4, -0.2) is 18.1 Å². The van der Waals surface area contributed by atoms with Crippen LogP contribution in [0.2, 0.25) is 0 Å². The van der Waals surface area contributed by atoms with E-state index in [0.717, 1.165) is 10.6 Å². The smallest absolute Gasteiger partial charge is 0.350 e. The van der Waals surface area contributed by atoms with Gasteiger partial charge in [-0.3, -0.25) is 4.98 Å². The van der Waals surface area contributed by atoms with Crippen LogP contribution in [0.1, 0.15) is 15.2 Å². The number of nitrogen functional groups attached to an aromatic ring is 1. The summed E-state index contributed by atoms with van der Waals surface area (Å²) in [6.45, 7) is 0.656. The molecule has 0 atom stereocenters. The van der Waals surface area contributed by atoms with Crippen molar-refractivity contribution in [1.82, 2.24) is 4.98 Å². The first kappa shape index (κ1) is 12.4. The van der Waals surface area contributed by atoms with Gasteiger partial charge in [0.05, 0.1) is 17.8 Å². The van der Waals surface area contributed by atoms with Crippen molar-refractivity contribution in [3.05, 3.63) is 41.0 Å². The number of nitrogens with one attached hydrogen (secondary N) is 1. The monoisotopic (exact) mass is 263 g/mol. The molecule has 0 radical (unpaired) electrons. The van der Waals surface area contributed by atoms with E-state index in [1.165, 1.54) is 18.4 Å². The van der Waals surface area contributed by atoms with Gasteiger partial charge in [0.25, 0.3) is 0 Å². The molecule has 5 nitrogen and oxygen atoms in total.